The van der Waals surface area contributed by atoms with Gasteiger partial charge in [-0.1, -0.05) is 39.4 Å². The number of carbonyl (C=O) groups excluding carboxylic acids is 2. The predicted octanol–water partition coefficient (Wildman–Crippen LogP) is 2.95. The molecule has 0 saturated carbocycles. The molecule has 2 heterocycles. The van der Waals surface area contributed by atoms with Crippen LogP contribution < -0.4 is 0 Å². The monoisotopic (exact) mass is 437 g/mol. The molecule has 0 bridgehead atoms. The van der Waals surface area contributed by atoms with Crippen molar-refractivity contribution in [1.82, 2.24) is 9.80 Å². The highest BCUT2D eigenvalue weighted by atomic mass is 79.9. The van der Waals surface area contributed by atoms with Gasteiger partial charge in [0.15, 0.2) is 0 Å². The summed E-state index contributed by atoms with van der Waals surface area (Å²) >= 11 is 4.27. The van der Waals surface area contributed by atoms with E-state index in [0.29, 0.717) is 37.5 Å². The highest BCUT2D eigenvalue weighted by Gasteiger charge is 2.26. The average molecular weight is 438 g/mol. The summed E-state index contributed by atoms with van der Waals surface area (Å²) < 4.78 is 0.934. The maximum absolute atomic E-state index is 12.4. The molecule has 0 spiro atoms. The first-order valence-electron chi connectivity index (χ1n) is 8.00. The molecule has 1 aromatic heterocycles. The predicted molar refractivity (Wildman–Crippen MR) is 101 cm³/mol. The van der Waals surface area contributed by atoms with Crippen molar-refractivity contribution in [1.29, 1.82) is 0 Å². The third kappa shape index (κ3) is 4.28. The van der Waals surface area contributed by atoms with Gasteiger partial charge >= 0.3 is 5.00 Å². The molecule has 0 aliphatic carbocycles. The number of rotatable bonds is 4. The van der Waals surface area contributed by atoms with Crippen LogP contribution in [0.2, 0.25) is 0 Å². The van der Waals surface area contributed by atoms with E-state index in [1.54, 1.807) is 9.80 Å². The lowest BCUT2D eigenvalue weighted by Gasteiger charge is -2.34. The Morgan fingerprint density at radius 1 is 1.12 bits per heavy atom. The maximum Gasteiger partial charge on any atom is 0.324 e. The number of piperazine rings is 1. The third-order valence-electron chi connectivity index (χ3n) is 4.15. The van der Waals surface area contributed by atoms with Gasteiger partial charge in [-0.15, -0.1) is 0 Å². The van der Waals surface area contributed by atoms with Crippen LogP contribution in [-0.2, 0) is 11.2 Å². The summed E-state index contributed by atoms with van der Waals surface area (Å²) in [7, 11) is 0. The molecule has 26 heavy (non-hydrogen) atoms. The molecular formula is C17H16BrN3O4S. The highest BCUT2D eigenvalue weighted by molar-refractivity contribution is 9.10. The summed E-state index contributed by atoms with van der Waals surface area (Å²) in [5, 5.41) is 10.7. The summed E-state index contributed by atoms with van der Waals surface area (Å²) in [5.74, 6) is -0.191. The molecule has 3 rings (SSSR count). The van der Waals surface area contributed by atoms with Crippen LogP contribution in [0.1, 0.15) is 15.2 Å². The van der Waals surface area contributed by atoms with Gasteiger partial charge in [0, 0.05) is 36.7 Å². The van der Waals surface area contributed by atoms with Gasteiger partial charge in [0.25, 0.3) is 5.91 Å². The lowest BCUT2D eigenvalue weighted by molar-refractivity contribution is -0.380. The lowest BCUT2D eigenvalue weighted by atomic mass is 10.1. The van der Waals surface area contributed by atoms with Crippen LogP contribution in [0, 0.1) is 10.1 Å². The van der Waals surface area contributed by atoms with E-state index >= 15 is 0 Å². The van der Waals surface area contributed by atoms with Crippen molar-refractivity contribution in [3.63, 3.8) is 0 Å². The summed E-state index contributed by atoms with van der Waals surface area (Å²) in [4.78, 5) is 38.9. The fourth-order valence-electron chi connectivity index (χ4n) is 2.79. The first-order chi connectivity index (χ1) is 12.4. The Kier molecular flexibility index (Phi) is 5.67. The minimum absolute atomic E-state index is 0.0296. The van der Waals surface area contributed by atoms with E-state index in [4.69, 9.17) is 0 Å². The Labute approximate surface area is 162 Å². The fourth-order valence-corrected chi connectivity index (χ4v) is 4.02. The van der Waals surface area contributed by atoms with E-state index in [9.17, 15) is 19.7 Å². The van der Waals surface area contributed by atoms with Gasteiger partial charge in [0.1, 0.15) is 0 Å². The molecule has 0 atom stereocenters. The molecular weight excluding hydrogens is 422 g/mol. The second-order valence-electron chi connectivity index (χ2n) is 5.87. The Morgan fingerprint density at radius 3 is 2.42 bits per heavy atom. The normalized spacial score (nSPS) is 14.3. The van der Waals surface area contributed by atoms with Crippen LogP contribution in [0.3, 0.4) is 0 Å². The number of nitro groups is 1. The number of thiophene rings is 1. The average Bonchev–Trinajstić information content (AvgIpc) is 3.12. The summed E-state index contributed by atoms with van der Waals surface area (Å²) in [5.41, 5.74) is 0.939. The Bertz CT molecular complexity index is 846. The molecule has 2 aromatic rings. The van der Waals surface area contributed by atoms with Gasteiger partial charge in [-0.05, 0) is 23.8 Å². The zero-order valence-corrected chi connectivity index (χ0v) is 16.2. The summed E-state index contributed by atoms with van der Waals surface area (Å²) in [6.07, 6.45) is 0.324. The second-order valence-corrected chi connectivity index (χ2v) is 7.85. The van der Waals surface area contributed by atoms with Crippen LogP contribution in [-0.4, -0.2) is 52.7 Å². The molecule has 1 aromatic carbocycles. The topological polar surface area (TPSA) is 83.8 Å². The van der Waals surface area contributed by atoms with Crippen molar-refractivity contribution >= 4 is 44.1 Å². The van der Waals surface area contributed by atoms with Crippen molar-refractivity contribution in [3.05, 3.63) is 61.4 Å². The third-order valence-corrected chi connectivity index (χ3v) is 5.66. The minimum atomic E-state index is -0.500. The summed E-state index contributed by atoms with van der Waals surface area (Å²) in [6, 6.07) is 10.5. The van der Waals surface area contributed by atoms with Gasteiger partial charge in [0.05, 0.1) is 16.2 Å². The van der Waals surface area contributed by atoms with E-state index in [-0.39, 0.29) is 16.8 Å². The van der Waals surface area contributed by atoms with Crippen LogP contribution in [0.4, 0.5) is 5.00 Å². The van der Waals surface area contributed by atoms with Gasteiger partial charge < -0.3 is 9.80 Å². The number of halogens is 1. The SMILES string of the molecule is O=C(Cc1cccc(Br)c1)N1CCN(C(=O)c2ccc([N+](=O)[O-])s2)CC1. The van der Waals surface area contributed by atoms with Crippen molar-refractivity contribution in [3.8, 4) is 0 Å². The molecule has 2 amide bonds. The molecule has 0 unspecified atom stereocenters. The minimum Gasteiger partial charge on any atom is -0.339 e. The zero-order chi connectivity index (χ0) is 18.7. The molecule has 9 heteroatoms. The quantitative estimate of drug-likeness (QED) is 0.543. The van der Waals surface area contributed by atoms with Crippen LogP contribution in [0.5, 0.6) is 0 Å². The molecule has 1 saturated heterocycles. The van der Waals surface area contributed by atoms with Gasteiger partial charge in [-0.2, -0.15) is 0 Å². The Hall–Kier alpha value is -2.26. The van der Waals surface area contributed by atoms with E-state index in [2.05, 4.69) is 15.9 Å². The number of carbonyl (C=O) groups is 2. The van der Waals surface area contributed by atoms with Gasteiger partial charge in [-0.25, -0.2) is 0 Å². The Balaban J connectivity index is 1.55. The van der Waals surface area contributed by atoms with Crippen molar-refractivity contribution in [2.45, 2.75) is 6.42 Å². The number of nitrogens with zero attached hydrogens (tertiary/aromatic N) is 3. The summed E-state index contributed by atoms with van der Waals surface area (Å²) in [6.45, 7) is 1.78. The fraction of sp³-hybridized carbons (Fsp3) is 0.294. The first kappa shape index (κ1) is 18.5. The Morgan fingerprint density at radius 2 is 1.81 bits per heavy atom. The number of benzene rings is 1. The molecule has 1 aliphatic rings. The molecule has 136 valence electrons. The lowest BCUT2D eigenvalue weighted by Crippen LogP contribution is -2.50. The maximum atomic E-state index is 12.4. The number of amides is 2. The second kappa shape index (κ2) is 7.96. The van der Waals surface area contributed by atoms with E-state index < -0.39 is 4.92 Å². The molecule has 0 radical (unpaired) electrons. The van der Waals surface area contributed by atoms with Crippen LogP contribution in [0.15, 0.2) is 40.9 Å². The van der Waals surface area contributed by atoms with Crippen molar-refractivity contribution < 1.29 is 14.5 Å². The smallest absolute Gasteiger partial charge is 0.324 e. The first-order valence-corrected chi connectivity index (χ1v) is 9.61. The number of hydrogen-bond acceptors (Lipinski definition) is 5. The molecule has 1 fully saturated rings. The molecule has 1 aliphatic heterocycles. The largest absolute Gasteiger partial charge is 0.339 e. The number of hydrogen-bond donors (Lipinski definition) is 0. The van der Waals surface area contributed by atoms with E-state index in [1.165, 1.54) is 12.1 Å². The van der Waals surface area contributed by atoms with Gasteiger partial charge in [0.2, 0.25) is 5.91 Å². The standard InChI is InChI=1S/C17H16BrN3O4S/c18-13-3-1-2-12(10-13)11-15(22)19-6-8-20(9-7-19)17(23)14-4-5-16(26-14)21(24)25/h1-5,10H,6-9,11H2. The van der Waals surface area contributed by atoms with Gasteiger partial charge in [-0.3, -0.25) is 19.7 Å². The molecule has 7 nitrogen and oxygen atoms in total. The zero-order valence-electron chi connectivity index (χ0n) is 13.8. The van der Waals surface area contributed by atoms with Crippen LogP contribution in [0.25, 0.3) is 0 Å². The van der Waals surface area contributed by atoms with Crippen molar-refractivity contribution in [2.24, 2.45) is 0 Å². The van der Waals surface area contributed by atoms with E-state index in [0.717, 1.165) is 21.4 Å². The molecule has 0 N–H and O–H groups in total. The van der Waals surface area contributed by atoms with Crippen LogP contribution >= 0.6 is 27.3 Å². The van der Waals surface area contributed by atoms with Crippen molar-refractivity contribution in [2.75, 3.05) is 26.2 Å². The van der Waals surface area contributed by atoms with E-state index in [1.807, 2.05) is 24.3 Å². The highest BCUT2D eigenvalue weighted by Crippen LogP contribution is 2.25.